The van der Waals surface area contributed by atoms with Crippen LogP contribution in [0, 0.1) is 17.7 Å². The zero-order chi connectivity index (χ0) is 18.7. The molecule has 1 heterocycles. The van der Waals surface area contributed by atoms with Gasteiger partial charge in [-0.3, -0.25) is 0 Å². The molecule has 1 atom stereocenters. The van der Waals surface area contributed by atoms with Crippen molar-refractivity contribution < 1.29 is 22.3 Å². The molecule has 1 nitrogen and oxygen atoms in total. The molecule has 0 N–H and O–H groups in total. The van der Waals surface area contributed by atoms with Gasteiger partial charge in [0.05, 0.1) is 0 Å². The molecule has 3 rings (SSSR count). The van der Waals surface area contributed by atoms with E-state index in [0.29, 0.717) is 11.5 Å². The summed E-state index contributed by atoms with van der Waals surface area (Å²) in [6, 6.07) is 3.20. The van der Waals surface area contributed by atoms with Crippen LogP contribution >= 0.6 is 0 Å². The number of aryl methyl sites for hydroxylation is 2. The Morgan fingerprint density at radius 1 is 1.00 bits per heavy atom. The first-order valence-corrected chi connectivity index (χ1v) is 9.91. The highest BCUT2D eigenvalue weighted by Crippen LogP contribution is 2.38. The Morgan fingerprint density at radius 2 is 1.65 bits per heavy atom. The van der Waals surface area contributed by atoms with Gasteiger partial charge in [0.2, 0.25) is 0 Å². The largest absolute Gasteiger partial charge is 0.478 e. The van der Waals surface area contributed by atoms with Crippen LogP contribution in [0.4, 0.5) is 17.6 Å². The monoisotopic (exact) mass is 372 g/mol. The van der Waals surface area contributed by atoms with Crippen LogP contribution in [0.25, 0.3) is 0 Å². The molecule has 1 aliphatic heterocycles. The third-order valence-electron chi connectivity index (χ3n) is 5.99. The lowest BCUT2D eigenvalue weighted by Crippen LogP contribution is -2.37. The summed E-state index contributed by atoms with van der Waals surface area (Å²) < 4.78 is 57.6. The molecule has 5 heteroatoms. The molecule has 0 spiro atoms. The molecule has 146 valence electrons. The van der Waals surface area contributed by atoms with Gasteiger partial charge in [-0.25, -0.2) is 4.39 Å². The van der Waals surface area contributed by atoms with E-state index in [2.05, 4.69) is 6.92 Å². The fourth-order valence-corrected chi connectivity index (χ4v) is 4.48. The first kappa shape index (κ1) is 19.5. The smallest absolute Gasteiger partial charge is 0.425 e. The van der Waals surface area contributed by atoms with Crippen LogP contribution in [-0.2, 0) is 12.8 Å². The molecule has 0 amide bonds. The molecule has 1 aromatic carbocycles. The molecule has 0 radical (unpaired) electrons. The molecule has 0 aromatic heterocycles. The first-order chi connectivity index (χ1) is 12.4. The molecule has 1 fully saturated rings. The second-order valence-corrected chi connectivity index (χ2v) is 7.97. The summed E-state index contributed by atoms with van der Waals surface area (Å²) in [4.78, 5) is 0. The molecule has 2 aliphatic rings. The highest BCUT2D eigenvalue weighted by atomic mass is 19.4. The summed E-state index contributed by atoms with van der Waals surface area (Å²) in [6.45, 7) is 2.23. The molecule has 1 unspecified atom stereocenters. The number of halogens is 4. The fourth-order valence-electron chi connectivity index (χ4n) is 4.48. The maximum absolute atomic E-state index is 14.3. The standard InChI is InChI=1S/C21H28F4O/c1-2-3-14-4-6-15(7-5-14)8-9-16-12-17-10-11-19(21(23,24)25)26-20(17)18(22)13-16/h12-15,19H,2-11H2,1H3. The van der Waals surface area contributed by atoms with Crippen molar-refractivity contribution in [3.63, 3.8) is 0 Å². The Labute approximate surface area is 153 Å². The number of ether oxygens (including phenoxy) is 1. The van der Waals surface area contributed by atoms with E-state index in [-0.39, 0.29) is 18.6 Å². The van der Waals surface area contributed by atoms with Crippen LogP contribution in [0.2, 0.25) is 0 Å². The Morgan fingerprint density at radius 3 is 2.27 bits per heavy atom. The predicted molar refractivity (Wildman–Crippen MR) is 93.9 cm³/mol. The lowest BCUT2D eigenvalue weighted by atomic mass is 9.78. The van der Waals surface area contributed by atoms with Gasteiger partial charge in [-0.2, -0.15) is 13.2 Å². The van der Waals surface area contributed by atoms with Crippen molar-refractivity contribution in [2.45, 2.75) is 83.4 Å². The molecule has 1 aromatic rings. The Kier molecular flexibility index (Phi) is 6.13. The summed E-state index contributed by atoms with van der Waals surface area (Å²) >= 11 is 0. The Hall–Kier alpha value is -1.26. The topological polar surface area (TPSA) is 9.23 Å². The van der Waals surface area contributed by atoms with Crippen molar-refractivity contribution in [1.82, 2.24) is 0 Å². The molecule has 1 saturated carbocycles. The minimum atomic E-state index is -4.45. The molecule has 0 saturated heterocycles. The van der Waals surface area contributed by atoms with E-state index in [1.54, 1.807) is 0 Å². The third-order valence-corrected chi connectivity index (χ3v) is 5.99. The van der Waals surface area contributed by atoms with E-state index in [1.807, 2.05) is 6.07 Å². The summed E-state index contributed by atoms with van der Waals surface area (Å²) in [5, 5.41) is 0. The average molecular weight is 372 g/mol. The lowest BCUT2D eigenvalue weighted by molar-refractivity contribution is -0.199. The van der Waals surface area contributed by atoms with Crippen LogP contribution in [0.3, 0.4) is 0 Å². The molecule has 0 bridgehead atoms. The number of alkyl halides is 3. The SMILES string of the molecule is CCCC1CCC(CCc2cc(F)c3c(c2)CCC(C(F)(F)F)O3)CC1. The van der Waals surface area contributed by atoms with E-state index < -0.39 is 18.1 Å². The van der Waals surface area contributed by atoms with Gasteiger partial charge in [0, 0.05) is 0 Å². The number of rotatable bonds is 5. The van der Waals surface area contributed by atoms with Crippen molar-refractivity contribution in [2.75, 3.05) is 0 Å². The van der Waals surface area contributed by atoms with Crippen LogP contribution < -0.4 is 4.74 Å². The van der Waals surface area contributed by atoms with Crippen molar-refractivity contribution in [2.24, 2.45) is 11.8 Å². The molecule has 26 heavy (non-hydrogen) atoms. The highest BCUT2D eigenvalue weighted by Gasteiger charge is 2.44. The number of hydrogen-bond acceptors (Lipinski definition) is 1. The summed E-state index contributed by atoms with van der Waals surface area (Å²) in [5.74, 6) is 0.699. The van der Waals surface area contributed by atoms with Crippen LogP contribution in [-0.4, -0.2) is 12.3 Å². The highest BCUT2D eigenvalue weighted by molar-refractivity contribution is 5.40. The van der Waals surface area contributed by atoms with Gasteiger partial charge in [0.15, 0.2) is 17.7 Å². The summed E-state index contributed by atoms with van der Waals surface area (Å²) in [6.07, 6.45) is 3.21. The third kappa shape index (κ3) is 4.72. The van der Waals surface area contributed by atoms with Crippen molar-refractivity contribution in [1.29, 1.82) is 0 Å². The van der Waals surface area contributed by atoms with Gasteiger partial charge in [0.1, 0.15) is 0 Å². The summed E-state index contributed by atoms with van der Waals surface area (Å²) in [7, 11) is 0. The quantitative estimate of drug-likeness (QED) is 0.528. The zero-order valence-corrected chi connectivity index (χ0v) is 15.4. The normalized spacial score (nSPS) is 26.3. The minimum absolute atomic E-state index is 0.138. The minimum Gasteiger partial charge on any atom is -0.478 e. The van der Waals surface area contributed by atoms with Crippen molar-refractivity contribution >= 4 is 0 Å². The number of hydrogen-bond donors (Lipinski definition) is 0. The van der Waals surface area contributed by atoms with E-state index in [0.717, 1.165) is 24.3 Å². The predicted octanol–water partition coefficient (Wildman–Crippen LogP) is 6.62. The van der Waals surface area contributed by atoms with Crippen LogP contribution in [0.1, 0.15) is 69.4 Å². The molecular weight excluding hydrogens is 344 g/mol. The maximum atomic E-state index is 14.3. The van der Waals surface area contributed by atoms with Gasteiger partial charge in [-0.1, -0.05) is 51.5 Å². The fraction of sp³-hybridized carbons (Fsp3) is 0.714. The Bertz CT molecular complexity index is 603. The zero-order valence-electron chi connectivity index (χ0n) is 15.4. The number of fused-ring (bicyclic) bond motifs is 1. The maximum Gasteiger partial charge on any atom is 0.425 e. The second-order valence-electron chi connectivity index (χ2n) is 7.97. The van der Waals surface area contributed by atoms with Gasteiger partial charge in [-0.05, 0) is 54.7 Å². The lowest BCUT2D eigenvalue weighted by Gasteiger charge is -2.29. The summed E-state index contributed by atoms with van der Waals surface area (Å²) in [5.41, 5.74) is 1.46. The van der Waals surface area contributed by atoms with Gasteiger partial charge in [0.25, 0.3) is 0 Å². The van der Waals surface area contributed by atoms with Gasteiger partial charge < -0.3 is 4.74 Å². The Balaban J connectivity index is 1.57. The first-order valence-electron chi connectivity index (χ1n) is 9.91. The molecule has 1 aliphatic carbocycles. The van der Waals surface area contributed by atoms with Crippen molar-refractivity contribution in [3.8, 4) is 5.75 Å². The van der Waals surface area contributed by atoms with Crippen LogP contribution in [0.15, 0.2) is 12.1 Å². The van der Waals surface area contributed by atoms with E-state index in [1.165, 1.54) is 44.6 Å². The van der Waals surface area contributed by atoms with E-state index >= 15 is 0 Å². The van der Waals surface area contributed by atoms with E-state index in [9.17, 15) is 17.6 Å². The second kappa shape index (κ2) is 8.18. The van der Waals surface area contributed by atoms with Crippen LogP contribution in [0.5, 0.6) is 5.75 Å². The van der Waals surface area contributed by atoms with Gasteiger partial charge in [-0.15, -0.1) is 0 Å². The molecular formula is C21H28F4O. The van der Waals surface area contributed by atoms with E-state index in [4.69, 9.17) is 4.74 Å². The number of benzene rings is 1. The van der Waals surface area contributed by atoms with Gasteiger partial charge >= 0.3 is 6.18 Å². The van der Waals surface area contributed by atoms with Crippen molar-refractivity contribution in [3.05, 3.63) is 29.1 Å². The average Bonchev–Trinajstić information content (AvgIpc) is 2.60.